The lowest BCUT2D eigenvalue weighted by Gasteiger charge is -2.33. The fourth-order valence-electron chi connectivity index (χ4n) is 4.31. The molecule has 1 aliphatic heterocycles. The van der Waals surface area contributed by atoms with Crippen LogP contribution in [0.15, 0.2) is 53.6 Å². The van der Waals surface area contributed by atoms with Crippen LogP contribution in [0.2, 0.25) is 0 Å². The topological polar surface area (TPSA) is 54.3 Å². The Kier molecular flexibility index (Phi) is 6.14. The van der Waals surface area contributed by atoms with Crippen molar-refractivity contribution in [3.8, 4) is 0 Å². The van der Waals surface area contributed by atoms with E-state index >= 15 is 0 Å². The van der Waals surface area contributed by atoms with E-state index in [1.165, 1.54) is 29.8 Å². The summed E-state index contributed by atoms with van der Waals surface area (Å²) < 4.78 is 30.9. The van der Waals surface area contributed by atoms with Crippen molar-refractivity contribution in [3.05, 3.63) is 60.0 Å². The van der Waals surface area contributed by atoms with Gasteiger partial charge in [0.1, 0.15) is 16.8 Å². The summed E-state index contributed by atoms with van der Waals surface area (Å²) in [6.07, 6.45) is 4.06. The van der Waals surface area contributed by atoms with Gasteiger partial charge in [0.05, 0.1) is 4.90 Å². The van der Waals surface area contributed by atoms with Gasteiger partial charge in [0.15, 0.2) is 0 Å². The molecule has 31 heavy (non-hydrogen) atoms. The Morgan fingerprint density at radius 2 is 1.81 bits per heavy atom. The highest BCUT2D eigenvalue weighted by molar-refractivity contribution is 7.86. The number of benzene rings is 2. The van der Waals surface area contributed by atoms with E-state index in [1.54, 1.807) is 0 Å². The molecule has 2 aromatic carbocycles. The van der Waals surface area contributed by atoms with Crippen molar-refractivity contribution in [2.24, 2.45) is 13.0 Å². The van der Waals surface area contributed by atoms with Crippen molar-refractivity contribution in [1.29, 1.82) is 0 Å². The van der Waals surface area contributed by atoms with Gasteiger partial charge in [0, 0.05) is 48.8 Å². The fraction of sp³-hybridized carbons (Fsp3) is 0.375. The molecule has 4 rings (SSSR count). The van der Waals surface area contributed by atoms with Gasteiger partial charge in [0.25, 0.3) is 0 Å². The average Bonchev–Trinajstić information content (AvgIpc) is 3.09. The second-order valence-corrected chi connectivity index (χ2v) is 9.72. The van der Waals surface area contributed by atoms with Gasteiger partial charge in [0.2, 0.25) is 5.91 Å². The molecular formula is C24H28FN3O2S. The monoisotopic (exact) mass is 441 g/mol. The molecule has 0 spiro atoms. The van der Waals surface area contributed by atoms with Crippen molar-refractivity contribution < 1.29 is 13.4 Å². The van der Waals surface area contributed by atoms with Gasteiger partial charge in [-0.15, -0.1) is 0 Å². The molecule has 0 saturated carbocycles. The summed E-state index contributed by atoms with van der Waals surface area (Å²) in [6, 6.07) is 11.7. The van der Waals surface area contributed by atoms with Crippen molar-refractivity contribution in [2.45, 2.75) is 37.5 Å². The zero-order valence-electron chi connectivity index (χ0n) is 18.1. The third kappa shape index (κ3) is 4.51. The molecule has 1 aliphatic rings. The van der Waals surface area contributed by atoms with Crippen LogP contribution in [0.3, 0.4) is 0 Å². The normalized spacial score (nSPS) is 16.1. The van der Waals surface area contributed by atoms with Crippen LogP contribution in [0, 0.1) is 11.7 Å². The first-order chi connectivity index (χ1) is 14.8. The van der Waals surface area contributed by atoms with Crippen molar-refractivity contribution in [1.82, 2.24) is 9.47 Å². The minimum Gasteiger partial charge on any atom is -0.350 e. The summed E-state index contributed by atoms with van der Waals surface area (Å²) in [5, 5.41) is 1.14. The summed E-state index contributed by atoms with van der Waals surface area (Å²) in [5.41, 5.74) is 3.15. The average molecular weight is 442 g/mol. The molecule has 7 heteroatoms. The highest BCUT2D eigenvalue weighted by Gasteiger charge is 2.27. The van der Waals surface area contributed by atoms with Gasteiger partial charge >= 0.3 is 0 Å². The standard InChI is InChI=1S/C24H28FN3O2S/c1-16(2)24(29)28-12-10-17(11-13-28)22-15-27(3)23-9-6-19(14-21(22)23)26-31(30)20-7-4-18(25)5-8-20/h4-9,14-17,26H,10-13H2,1-3H3. The third-order valence-electron chi connectivity index (χ3n) is 6.00. The number of aromatic nitrogens is 1. The van der Waals surface area contributed by atoms with Crippen LogP contribution in [0.25, 0.3) is 10.9 Å². The molecule has 1 atom stereocenters. The van der Waals surface area contributed by atoms with E-state index in [0.29, 0.717) is 10.8 Å². The Labute approximate surface area is 184 Å². The maximum atomic E-state index is 13.1. The molecule has 1 saturated heterocycles. The summed E-state index contributed by atoms with van der Waals surface area (Å²) in [7, 11) is 0.562. The second-order valence-electron chi connectivity index (χ2n) is 8.51. The Balaban J connectivity index is 1.54. The van der Waals surface area contributed by atoms with E-state index in [4.69, 9.17) is 0 Å². The molecule has 0 radical (unpaired) electrons. The summed E-state index contributed by atoms with van der Waals surface area (Å²) >= 11 is 0. The molecule has 2 heterocycles. The van der Waals surface area contributed by atoms with E-state index in [2.05, 4.69) is 15.5 Å². The zero-order valence-corrected chi connectivity index (χ0v) is 18.9. The lowest BCUT2D eigenvalue weighted by molar-refractivity contribution is -0.135. The maximum Gasteiger partial charge on any atom is 0.225 e. The number of carbonyl (C=O) groups is 1. The number of piperidine rings is 1. The first-order valence-corrected chi connectivity index (χ1v) is 11.8. The van der Waals surface area contributed by atoms with Crippen LogP contribution in [0.4, 0.5) is 10.1 Å². The van der Waals surface area contributed by atoms with Crippen LogP contribution in [-0.4, -0.2) is 32.7 Å². The fourth-order valence-corrected chi connectivity index (χ4v) is 5.15. The van der Waals surface area contributed by atoms with E-state index in [-0.39, 0.29) is 17.6 Å². The molecule has 1 amide bonds. The Bertz CT molecular complexity index is 1120. The number of fused-ring (bicyclic) bond motifs is 1. The van der Waals surface area contributed by atoms with Gasteiger partial charge in [-0.3, -0.25) is 4.79 Å². The number of hydrogen-bond donors (Lipinski definition) is 1. The molecule has 1 aromatic heterocycles. The molecule has 164 valence electrons. The number of nitrogens with one attached hydrogen (secondary N) is 1. The smallest absolute Gasteiger partial charge is 0.225 e. The van der Waals surface area contributed by atoms with Crippen LogP contribution in [0.1, 0.15) is 38.2 Å². The van der Waals surface area contributed by atoms with Crippen LogP contribution < -0.4 is 4.72 Å². The van der Waals surface area contributed by atoms with Gasteiger partial charge < -0.3 is 14.2 Å². The Morgan fingerprint density at radius 3 is 2.45 bits per heavy atom. The Morgan fingerprint density at radius 1 is 1.13 bits per heavy atom. The molecule has 5 nitrogen and oxygen atoms in total. The highest BCUT2D eigenvalue weighted by Crippen LogP contribution is 2.35. The van der Waals surface area contributed by atoms with Gasteiger partial charge in [-0.25, -0.2) is 8.60 Å². The van der Waals surface area contributed by atoms with E-state index in [0.717, 1.165) is 42.5 Å². The number of hydrogen-bond acceptors (Lipinski definition) is 2. The number of aryl methyl sites for hydroxylation is 1. The molecule has 3 aromatic rings. The van der Waals surface area contributed by atoms with E-state index in [9.17, 15) is 13.4 Å². The first-order valence-electron chi connectivity index (χ1n) is 10.6. The summed E-state index contributed by atoms with van der Waals surface area (Å²) in [4.78, 5) is 14.8. The minimum atomic E-state index is -1.47. The second kappa shape index (κ2) is 8.83. The van der Waals surface area contributed by atoms with Gasteiger partial charge in [-0.05, 0) is 66.8 Å². The zero-order chi connectivity index (χ0) is 22.1. The van der Waals surface area contributed by atoms with Gasteiger partial charge in [-0.2, -0.15) is 0 Å². The molecule has 1 fully saturated rings. The molecule has 0 aliphatic carbocycles. The lowest BCUT2D eigenvalue weighted by Crippen LogP contribution is -2.40. The largest absolute Gasteiger partial charge is 0.350 e. The lowest BCUT2D eigenvalue weighted by atomic mass is 9.88. The number of nitrogens with zero attached hydrogens (tertiary/aromatic N) is 2. The maximum absolute atomic E-state index is 13.1. The van der Waals surface area contributed by atoms with E-state index in [1.807, 2.05) is 44.0 Å². The van der Waals surface area contributed by atoms with Crippen LogP contribution in [-0.2, 0) is 22.8 Å². The van der Waals surface area contributed by atoms with Crippen molar-refractivity contribution in [3.63, 3.8) is 0 Å². The molecular weight excluding hydrogens is 413 g/mol. The number of halogens is 1. The predicted octanol–water partition coefficient (Wildman–Crippen LogP) is 4.81. The minimum absolute atomic E-state index is 0.0321. The number of carbonyl (C=O) groups excluding carboxylic acids is 1. The van der Waals surface area contributed by atoms with Crippen molar-refractivity contribution >= 4 is 33.5 Å². The molecule has 1 N–H and O–H groups in total. The van der Waals surface area contributed by atoms with E-state index < -0.39 is 11.0 Å². The first kappa shape index (κ1) is 21.6. The quantitative estimate of drug-likeness (QED) is 0.618. The third-order valence-corrected chi connectivity index (χ3v) is 7.12. The Hall–Kier alpha value is -2.67. The molecule has 1 unspecified atom stereocenters. The summed E-state index contributed by atoms with van der Waals surface area (Å²) in [5.74, 6) is 0.297. The number of likely N-dealkylation sites (tertiary alicyclic amines) is 1. The number of anilines is 1. The van der Waals surface area contributed by atoms with Crippen LogP contribution >= 0.6 is 0 Å². The SMILES string of the molecule is CC(C)C(=O)N1CCC(c2cn(C)c3ccc(NS(=O)c4ccc(F)cc4)cc23)CC1. The van der Waals surface area contributed by atoms with Crippen LogP contribution in [0.5, 0.6) is 0 Å². The van der Waals surface area contributed by atoms with Gasteiger partial charge in [-0.1, -0.05) is 13.8 Å². The van der Waals surface area contributed by atoms with Crippen molar-refractivity contribution in [2.75, 3.05) is 17.8 Å². The highest BCUT2D eigenvalue weighted by atomic mass is 32.2. The summed E-state index contributed by atoms with van der Waals surface area (Å²) in [6.45, 7) is 5.46. The number of rotatable bonds is 5. The molecule has 0 bridgehead atoms. The number of amides is 1. The predicted molar refractivity (Wildman–Crippen MR) is 123 cm³/mol.